The fraction of sp³-hybridized carbons (Fsp3) is 0.385. The van der Waals surface area contributed by atoms with Crippen LogP contribution >= 0.6 is 0 Å². The normalized spacial score (nSPS) is 21.5. The van der Waals surface area contributed by atoms with E-state index in [0.717, 1.165) is 0 Å². The second-order valence-corrected chi connectivity index (χ2v) is 4.51. The highest BCUT2D eigenvalue weighted by atomic mass is 16.5. The van der Waals surface area contributed by atoms with Crippen LogP contribution in [0.2, 0.25) is 0 Å². The fourth-order valence-corrected chi connectivity index (χ4v) is 2.00. The van der Waals surface area contributed by atoms with Crippen molar-refractivity contribution in [2.24, 2.45) is 11.7 Å². The third-order valence-corrected chi connectivity index (χ3v) is 3.18. The Morgan fingerprint density at radius 2 is 2.20 bits per heavy atom. The quantitative estimate of drug-likeness (QED) is 0.731. The zero-order valence-corrected chi connectivity index (χ0v) is 11.0. The highest BCUT2D eigenvalue weighted by Gasteiger charge is 2.31. The number of carboxylic acids is 1. The van der Waals surface area contributed by atoms with Crippen LogP contribution in [0.25, 0.3) is 0 Å². The minimum absolute atomic E-state index is 0.0369. The van der Waals surface area contributed by atoms with Gasteiger partial charge in [-0.05, 0) is 18.2 Å². The van der Waals surface area contributed by atoms with Crippen molar-refractivity contribution in [3.8, 4) is 5.75 Å². The van der Waals surface area contributed by atoms with Gasteiger partial charge in [-0.1, -0.05) is 0 Å². The minimum atomic E-state index is -1.15. The Kier molecular flexibility index (Phi) is 4.21. The Balaban J connectivity index is 2.20. The van der Waals surface area contributed by atoms with Gasteiger partial charge in [-0.25, -0.2) is 4.79 Å². The number of methoxy groups -OCH3 is 1. The largest absolute Gasteiger partial charge is 0.497 e. The van der Waals surface area contributed by atoms with Gasteiger partial charge < -0.3 is 25.6 Å². The van der Waals surface area contributed by atoms with Gasteiger partial charge in [0.2, 0.25) is 5.91 Å². The number of ether oxygens (including phenoxy) is 2. The van der Waals surface area contributed by atoms with E-state index in [1.165, 1.54) is 19.2 Å². The molecule has 1 saturated heterocycles. The number of carbonyl (C=O) groups excluding carboxylic acids is 1. The predicted molar refractivity (Wildman–Crippen MR) is 70.9 cm³/mol. The monoisotopic (exact) mass is 280 g/mol. The molecule has 7 heteroatoms. The summed E-state index contributed by atoms with van der Waals surface area (Å²) in [6.45, 7) is 0.568. The first-order valence-corrected chi connectivity index (χ1v) is 6.08. The summed E-state index contributed by atoms with van der Waals surface area (Å²) in [6.07, 6.45) is 0. The van der Waals surface area contributed by atoms with Crippen molar-refractivity contribution >= 4 is 17.6 Å². The molecule has 1 aliphatic heterocycles. The number of hydrogen-bond donors (Lipinski definition) is 3. The van der Waals surface area contributed by atoms with Gasteiger partial charge in [-0.2, -0.15) is 0 Å². The highest BCUT2D eigenvalue weighted by Crippen LogP contribution is 2.23. The topological polar surface area (TPSA) is 111 Å². The zero-order valence-electron chi connectivity index (χ0n) is 11.0. The first kappa shape index (κ1) is 14.3. The molecule has 1 aromatic carbocycles. The van der Waals surface area contributed by atoms with Crippen molar-refractivity contribution in [1.29, 1.82) is 0 Å². The molecule has 2 atom stereocenters. The molecule has 20 heavy (non-hydrogen) atoms. The average Bonchev–Trinajstić information content (AvgIpc) is 2.85. The van der Waals surface area contributed by atoms with E-state index in [0.29, 0.717) is 12.4 Å². The predicted octanol–water partition coefficient (Wildman–Crippen LogP) is 0.306. The number of hydrogen-bond acceptors (Lipinski definition) is 5. The molecule has 1 amide bonds. The standard InChI is InChI=1S/C13H16N2O5/c1-19-7-2-3-11(8(4-7)13(17)18)15-12(16)9-5-20-6-10(9)14/h2-4,9-10H,5-6,14H2,1H3,(H,15,16)(H,17,18). The fourth-order valence-electron chi connectivity index (χ4n) is 2.00. The smallest absolute Gasteiger partial charge is 0.337 e. The summed E-state index contributed by atoms with van der Waals surface area (Å²) in [4.78, 5) is 23.3. The maximum absolute atomic E-state index is 12.1. The molecule has 0 aromatic heterocycles. The Morgan fingerprint density at radius 3 is 2.75 bits per heavy atom. The van der Waals surface area contributed by atoms with Crippen molar-refractivity contribution in [2.75, 3.05) is 25.6 Å². The highest BCUT2D eigenvalue weighted by molar-refractivity contribution is 6.01. The maximum Gasteiger partial charge on any atom is 0.337 e. The Bertz CT molecular complexity index is 531. The summed E-state index contributed by atoms with van der Waals surface area (Å²) in [7, 11) is 1.44. The Labute approximate surface area is 115 Å². The molecule has 2 rings (SSSR count). The summed E-state index contributed by atoms with van der Waals surface area (Å²) in [5.74, 6) is -1.56. The van der Waals surface area contributed by atoms with Crippen molar-refractivity contribution < 1.29 is 24.2 Å². The number of carbonyl (C=O) groups is 2. The van der Waals surface area contributed by atoms with Crippen molar-refractivity contribution in [1.82, 2.24) is 0 Å². The van der Waals surface area contributed by atoms with Crippen LogP contribution in [0.4, 0.5) is 5.69 Å². The molecule has 2 unspecified atom stereocenters. The summed E-state index contributed by atoms with van der Waals surface area (Å²) >= 11 is 0. The number of aromatic carboxylic acids is 1. The molecule has 0 radical (unpaired) electrons. The van der Waals surface area contributed by atoms with E-state index < -0.39 is 11.9 Å². The van der Waals surface area contributed by atoms with Crippen LogP contribution in [0, 0.1) is 5.92 Å². The summed E-state index contributed by atoms with van der Waals surface area (Å²) in [5, 5.41) is 11.7. The maximum atomic E-state index is 12.1. The first-order chi connectivity index (χ1) is 9.52. The molecule has 1 aliphatic rings. The first-order valence-electron chi connectivity index (χ1n) is 6.08. The number of nitrogens with two attached hydrogens (primary N) is 1. The molecular formula is C13H16N2O5. The van der Waals surface area contributed by atoms with Crippen LogP contribution in [0.5, 0.6) is 5.75 Å². The van der Waals surface area contributed by atoms with Crippen molar-refractivity contribution in [3.05, 3.63) is 23.8 Å². The van der Waals surface area contributed by atoms with E-state index in [1.807, 2.05) is 0 Å². The van der Waals surface area contributed by atoms with Crippen LogP contribution in [-0.2, 0) is 9.53 Å². The van der Waals surface area contributed by atoms with Gasteiger partial charge in [0.15, 0.2) is 0 Å². The van der Waals surface area contributed by atoms with Crippen LogP contribution < -0.4 is 15.8 Å². The molecule has 1 heterocycles. The molecule has 108 valence electrons. The van der Waals surface area contributed by atoms with Crippen molar-refractivity contribution in [3.63, 3.8) is 0 Å². The molecule has 1 aromatic rings. The van der Waals surface area contributed by atoms with Gasteiger partial charge in [-0.3, -0.25) is 4.79 Å². The molecule has 4 N–H and O–H groups in total. The zero-order chi connectivity index (χ0) is 14.7. The van der Waals surface area contributed by atoms with E-state index in [-0.39, 0.29) is 29.8 Å². The van der Waals surface area contributed by atoms with Gasteiger partial charge in [0, 0.05) is 6.04 Å². The number of nitrogens with one attached hydrogen (secondary N) is 1. The number of benzene rings is 1. The molecular weight excluding hydrogens is 264 g/mol. The lowest BCUT2D eigenvalue weighted by Gasteiger charge is -2.15. The number of amides is 1. The number of carboxylic acid groups (broad SMARTS) is 1. The van der Waals surface area contributed by atoms with E-state index >= 15 is 0 Å². The molecule has 0 spiro atoms. The molecule has 1 fully saturated rings. The second kappa shape index (κ2) is 5.89. The van der Waals surface area contributed by atoms with E-state index in [9.17, 15) is 9.59 Å². The Hall–Kier alpha value is -2.12. The van der Waals surface area contributed by atoms with Gasteiger partial charge in [-0.15, -0.1) is 0 Å². The number of rotatable bonds is 4. The molecule has 7 nitrogen and oxygen atoms in total. The molecule has 0 saturated carbocycles. The van der Waals surface area contributed by atoms with Crippen LogP contribution in [-0.4, -0.2) is 43.3 Å². The van der Waals surface area contributed by atoms with Crippen molar-refractivity contribution in [2.45, 2.75) is 6.04 Å². The SMILES string of the molecule is COc1ccc(NC(=O)C2COCC2N)c(C(=O)O)c1. The van der Waals surface area contributed by atoms with Gasteiger partial charge in [0.1, 0.15) is 5.75 Å². The Morgan fingerprint density at radius 1 is 1.45 bits per heavy atom. The third-order valence-electron chi connectivity index (χ3n) is 3.18. The summed E-state index contributed by atoms with van der Waals surface area (Å²) in [5.41, 5.74) is 5.93. The van der Waals surface area contributed by atoms with Crippen LogP contribution in [0.3, 0.4) is 0 Å². The van der Waals surface area contributed by atoms with Crippen LogP contribution in [0.15, 0.2) is 18.2 Å². The number of anilines is 1. The summed E-state index contributed by atoms with van der Waals surface area (Å²) in [6, 6.07) is 4.04. The lowest BCUT2D eigenvalue weighted by atomic mass is 10.0. The minimum Gasteiger partial charge on any atom is -0.497 e. The molecule has 0 bridgehead atoms. The van der Waals surface area contributed by atoms with E-state index in [4.69, 9.17) is 20.3 Å². The van der Waals surface area contributed by atoms with Crippen LogP contribution in [0.1, 0.15) is 10.4 Å². The molecule has 0 aliphatic carbocycles. The van der Waals surface area contributed by atoms with Gasteiger partial charge in [0.05, 0.1) is 37.5 Å². The lowest BCUT2D eigenvalue weighted by Crippen LogP contribution is -2.37. The third kappa shape index (κ3) is 2.89. The summed E-state index contributed by atoms with van der Waals surface area (Å²) < 4.78 is 10.1. The van der Waals surface area contributed by atoms with Gasteiger partial charge in [0.25, 0.3) is 0 Å². The van der Waals surface area contributed by atoms with E-state index in [1.54, 1.807) is 6.07 Å². The average molecular weight is 280 g/mol. The van der Waals surface area contributed by atoms with E-state index in [2.05, 4.69) is 5.32 Å². The lowest BCUT2D eigenvalue weighted by molar-refractivity contribution is -0.120. The second-order valence-electron chi connectivity index (χ2n) is 4.51. The van der Waals surface area contributed by atoms with Gasteiger partial charge >= 0.3 is 5.97 Å².